The molecular formula is C30H33NO4. The van der Waals surface area contributed by atoms with Crippen molar-refractivity contribution in [1.82, 2.24) is 0 Å². The number of esters is 1. The molecule has 0 aromatic heterocycles. The van der Waals surface area contributed by atoms with E-state index in [9.17, 15) is 9.59 Å². The summed E-state index contributed by atoms with van der Waals surface area (Å²) in [5, 5.41) is 0. The summed E-state index contributed by atoms with van der Waals surface area (Å²) in [6, 6.07) is 17.8. The van der Waals surface area contributed by atoms with Gasteiger partial charge in [0.1, 0.15) is 17.8 Å². The van der Waals surface area contributed by atoms with Gasteiger partial charge in [0.2, 0.25) is 0 Å². The van der Waals surface area contributed by atoms with E-state index in [4.69, 9.17) is 14.5 Å². The number of nitrogens with zero attached hydrogens (tertiary/aromatic N) is 1. The minimum atomic E-state index is -0.635. The maximum absolute atomic E-state index is 13.7. The van der Waals surface area contributed by atoms with Crippen LogP contribution < -0.4 is 4.74 Å². The van der Waals surface area contributed by atoms with Gasteiger partial charge in [0, 0.05) is 34.9 Å². The summed E-state index contributed by atoms with van der Waals surface area (Å²) < 4.78 is 11.7. The highest BCUT2D eigenvalue weighted by molar-refractivity contribution is 6.09. The molecule has 5 heteroatoms. The second-order valence-corrected chi connectivity index (χ2v) is 9.95. The van der Waals surface area contributed by atoms with Crippen molar-refractivity contribution in [3.63, 3.8) is 0 Å². The molecule has 1 unspecified atom stereocenters. The standard InChI is InChI=1S/C30H33NO4/c1-19-27(30(33)35-22-13-7-4-8-14-22)28(23-15-9-10-16-26(23)34-2)29-24(31-19)17-21(18-25(29)32)20-11-5-3-6-12-20/h3,5-6,9-12,15-16,21-22,27-28H,4,7-8,13-14,17-18H2,1-2H3/t21-,27?,28-/m1/s1. The second kappa shape index (κ2) is 10.2. The number of benzene rings is 2. The van der Waals surface area contributed by atoms with E-state index in [-0.39, 0.29) is 23.8 Å². The van der Waals surface area contributed by atoms with Gasteiger partial charge in [-0.1, -0.05) is 55.0 Å². The summed E-state index contributed by atoms with van der Waals surface area (Å²) in [6.07, 6.45) is 6.20. The van der Waals surface area contributed by atoms with Crippen LogP contribution in [0.3, 0.4) is 0 Å². The van der Waals surface area contributed by atoms with Crippen molar-refractivity contribution in [2.75, 3.05) is 7.11 Å². The molecule has 5 rings (SSSR count). The van der Waals surface area contributed by atoms with Crippen LogP contribution in [0, 0.1) is 5.92 Å². The minimum absolute atomic E-state index is 0.0535. The van der Waals surface area contributed by atoms with Gasteiger partial charge in [-0.15, -0.1) is 0 Å². The molecule has 1 saturated carbocycles. The summed E-state index contributed by atoms with van der Waals surface area (Å²) in [5.41, 5.74) is 4.15. The number of aliphatic imine (C=N–C) groups is 1. The molecule has 0 spiro atoms. The number of hydrogen-bond acceptors (Lipinski definition) is 5. The Morgan fingerprint density at radius 2 is 1.66 bits per heavy atom. The van der Waals surface area contributed by atoms with Crippen molar-refractivity contribution in [2.45, 2.75) is 69.8 Å². The van der Waals surface area contributed by atoms with Gasteiger partial charge in [0.25, 0.3) is 0 Å². The van der Waals surface area contributed by atoms with Gasteiger partial charge >= 0.3 is 5.97 Å². The number of ketones is 1. The number of hydrogen-bond donors (Lipinski definition) is 0. The van der Waals surface area contributed by atoms with Crippen LogP contribution in [-0.2, 0) is 14.3 Å². The van der Waals surface area contributed by atoms with Gasteiger partial charge in [0.15, 0.2) is 5.78 Å². The zero-order valence-corrected chi connectivity index (χ0v) is 20.5. The predicted octanol–water partition coefficient (Wildman–Crippen LogP) is 6.15. The molecule has 0 radical (unpaired) electrons. The molecule has 0 N–H and O–H groups in total. The first-order valence-corrected chi connectivity index (χ1v) is 12.8. The Labute approximate surface area is 207 Å². The fourth-order valence-electron chi connectivity index (χ4n) is 6.01. The molecule has 0 saturated heterocycles. The molecular weight excluding hydrogens is 438 g/mol. The van der Waals surface area contributed by atoms with E-state index >= 15 is 0 Å². The summed E-state index contributed by atoms with van der Waals surface area (Å²) in [5.74, 6) is -0.556. The third-order valence-electron chi connectivity index (χ3n) is 7.72. The fraction of sp³-hybridized carbons (Fsp3) is 0.433. The summed E-state index contributed by atoms with van der Waals surface area (Å²) in [4.78, 5) is 32.3. The lowest BCUT2D eigenvalue weighted by atomic mass is 9.69. The quantitative estimate of drug-likeness (QED) is 0.491. The molecule has 0 amide bonds. The first-order chi connectivity index (χ1) is 17.1. The number of carbonyl (C=O) groups excluding carboxylic acids is 2. The number of ether oxygens (including phenoxy) is 2. The SMILES string of the molecule is COc1ccccc1[C@H]1C2=C(C[C@@H](c3ccccc3)CC2=O)N=C(C)C1C(=O)OC1CCCCC1. The summed E-state index contributed by atoms with van der Waals surface area (Å²) in [6.45, 7) is 1.90. The molecule has 2 aliphatic carbocycles. The molecule has 0 bridgehead atoms. The normalized spacial score (nSPS) is 25.0. The smallest absolute Gasteiger partial charge is 0.315 e. The van der Waals surface area contributed by atoms with Crippen molar-refractivity contribution >= 4 is 17.5 Å². The number of methoxy groups -OCH3 is 1. The van der Waals surface area contributed by atoms with Gasteiger partial charge in [-0.25, -0.2) is 0 Å². The zero-order chi connectivity index (χ0) is 24.4. The van der Waals surface area contributed by atoms with Crippen molar-refractivity contribution in [1.29, 1.82) is 0 Å². The van der Waals surface area contributed by atoms with Crippen LogP contribution in [0.25, 0.3) is 0 Å². The molecule has 182 valence electrons. The van der Waals surface area contributed by atoms with Gasteiger partial charge in [0.05, 0.1) is 7.11 Å². The van der Waals surface area contributed by atoms with E-state index in [2.05, 4.69) is 12.1 Å². The molecule has 2 aromatic rings. The molecule has 5 nitrogen and oxygen atoms in total. The summed E-state index contributed by atoms with van der Waals surface area (Å²) >= 11 is 0. The maximum Gasteiger partial charge on any atom is 0.315 e. The third kappa shape index (κ3) is 4.69. The van der Waals surface area contributed by atoms with E-state index in [0.29, 0.717) is 29.9 Å². The van der Waals surface area contributed by atoms with Crippen LogP contribution in [0.5, 0.6) is 5.75 Å². The first-order valence-electron chi connectivity index (χ1n) is 12.8. The lowest BCUT2D eigenvalue weighted by Gasteiger charge is -2.37. The lowest BCUT2D eigenvalue weighted by molar-refractivity contribution is -0.153. The molecule has 1 fully saturated rings. The number of allylic oxidation sites excluding steroid dienone is 2. The van der Waals surface area contributed by atoms with Crippen LogP contribution in [0.1, 0.15) is 74.8 Å². The molecule has 35 heavy (non-hydrogen) atoms. The van der Waals surface area contributed by atoms with Crippen LogP contribution >= 0.6 is 0 Å². The van der Waals surface area contributed by atoms with Crippen LogP contribution in [0.15, 0.2) is 70.9 Å². The van der Waals surface area contributed by atoms with Gasteiger partial charge in [-0.3, -0.25) is 14.6 Å². The van der Waals surface area contributed by atoms with Crippen LogP contribution in [0.4, 0.5) is 0 Å². The van der Waals surface area contributed by atoms with E-state index in [1.54, 1.807) is 7.11 Å². The Balaban J connectivity index is 1.55. The number of Topliss-reactive ketones (excluding diaryl/α,β-unsaturated/α-hetero) is 1. The maximum atomic E-state index is 13.7. The summed E-state index contributed by atoms with van der Waals surface area (Å²) in [7, 11) is 1.63. The van der Waals surface area contributed by atoms with E-state index in [1.165, 1.54) is 6.42 Å². The van der Waals surface area contributed by atoms with Crippen LogP contribution in [-0.4, -0.2) is 30.7 Å². The van der Waals surface area contributed by atoms with Gasteiger partial charge in [-0.05, 0) is 56.6 Å². The van der Waals surface area contributed by atoms with Crippen LogP contribution in [0.2, 0.25) is 0 Å². The largest absolute Gasteiger partial charge is 0.496 e. The highest BCUT2D eigenvalue weighted by Crippen LogP contribution is 2.48. The van der Waals surface area contributed by atoms with Crippen molar-refractivity contribution in [2.24, 2.45) is 10.9 Å². The molecule has 3 aliphatic rings. The van der Waals surface area contributed by atoms with Gasteiger partial charge in [-0.2, -0.15) is 0 Å². The van der Waals surface area contributed by atoms with E-state index < -0.39 is 11.8 Å². The minimum Gasteiger partial charge on any atom is -0.496 e. The molecule has 1 heterocycles. The molecule has 1 aliphatic heterocycles. The Bertz CT molecular complexity index is 1160. The predicted molar refractivity (Wildman–Crippen MR) is 136 cm³/mol. The Morgan fingerprint density at radius 3 is 2.40 bits per heavy atom. The van der Waals surface area contributed by atoms with E-state index in [1.807, 2.05) is 49.4 Å². The van der Waals surface area contributed by atoms with Crippen molar-refractivity contribution in [3.8, 4) is 5.75 Å². The van der Waals surface area contributed by atoms with Crippen molar-refractivity contribution in [3.05, 3.63) is 77.0 Å². The number of rotatable bonds is 5. The number of para-hydroxylation sites is 1. The lowest BCUT2D eigenvalue weighted by Crippen LogP contribution is -2.39. The third-order valence-corrected chi connectivity index (χ3v) is 7.72. The van der Waals surface area contributed by atoms with Crippen molar-refractivity contribution < 1.29 is 19.1 Å². The second-order valence-electron chi connectivity index (χ2n) is 9.95. The average molecular weight is 472 g/mol. The first kappa shape index (κ1) is 23.5. The van der Waals surface area contributed by atoms with Gasteiger partial charge < -0.3 is 9.47 Å². The Hall–Kier alpha value is -3.21. The highest BCUT2D eigenvalue weighted by atomic mass is 16.5. The van der Waals surface area contributed by atoms with E-state index in [0.717, 1.165) is 42.5 Å². The Kier molecular flexibility index (Phi) is 6.85. The Morgan fingerprint density at radius 1 is 0.943 bits per heavy atom. The molecule has 3 atom stereocenters. The highest BCUT2D eigenvalue weighted by Gasteiger charge is 2.46. The molecule has 2 aromatic carbocycles. The fourth-order valence-corrected chi connectivity index (χ4v) is 6.01. The average Bonchev–Trinajstić information content (AvgIpc) is 2.88. The monoisotopic (exact) mass is 471 g/mol. The topological polar surface area (TPSA) is 65.0 Å². The number of carbonyl (C=O) groups is 2. The zero-order valence-electron chi connectivity index (χ0n) is 20.5.